The van der Waals surface area contributed by atoms with E-state index in [1.165, 1.54) is 12.1 Å². The molecule has 2 N–H and O–H groups in total. The molecule has 0 aromatic heterocycles. The summed E-state index contributed by atoms with van der Waals surface area (Å²) in [7, 11) is 1.71. The standard InChI is InChI=1S/C13H17FN2O/c1-13(2)7-11(17)16(3)12(13)9-6-8(15)4-5-10(9)14/h4-6,12H,7,15H2,1-3H3. The van der Waals surface area contributed by atoms with E-state index >= 15 is 0 Å². The van der Waals surface area contributed by atoms with Gasteiger partial charge >= 0.3 is 0 Å². The minimum absolute atomic E-state index is 0.0434. The van der Waals surface area contributed by atoms with Crippen LogP contribution in [0, 0.1) is 11.2 Å². The predicted octanol–water partition coefficient (Wildman–Crippen LogP) is 2.34. The molecule has 2 rings (SSSR count). The van der Waals surface area contributed by atoms with E-state index in [0.717, 1.165) is 0 Å². The largest absolute Gasteiger partial charge is 0.399 e. The fourth-order valence-corrected chi connectivity index (χ4v) is 2.68. The zero-order valence-electron chi connectivity index (χ0n) is 10.3. The molecule has 1 amide bonds. The number of rotatable bonds is 1. The second-order valence-electron chi connectivity index (χ2n) is 5.35. The molecule has 92 valence electrons. The van der Waals surface area contributed by atoms with E-state index in [2.05, 4.69) is 0 Å². The van der Waals surface area contributed by atoms with Gasteiger partial charge in [-0.05, 0) is 23.6 Å². The van der Waals surface area contributed by atoms with Crippen LogP contribution in [0.5, 0.6) is 0 Å². The van der Waals surface area contributed by atoms with Gasteiger partial charge in [-0.3, -0.25) is 4.79 Å². The zero-order chi connectivity index (χ0) is 12.8. The highest BCUT2D eigenvalue weighted by Gasteiger charge is 2.45. The van der Waals surface area contributed by atoms with E-state index in [0.29, 0.717) is 17.7 Å². The van der Waals surface area contributed by atoms with Crippen molar-refractivity contribution in [1.29, 1.82) is 0 Å². The number of carbonyl (C=O) groups excluding carboxylic acids is 1. The number of halogens is 1. The van der Waals surface area contributed by atoms with Crippen molar-refractivity contribution < 1.29 is 9.18 Å². The van der Waals surface area contributed by atoms with Crippen molar-refractivity contribution >= 4 is 11.6 Å². The average Bonchev–Trinajstić information content (AvgIpc) is 2.41. The van der Waals surface area contributed by atoms with Crippen LogP contribution in [0.3, 0.4) is 0 Å². The van der Waals surface area contributed by atoms with Crippen LogP contribution < -0.4 is 5.73 Å². The van der Waals surface area contributed by atoms with E-state index in [-0.39, 0.29) is 23.2 Å². The van der Waals surface area contributed by atoms with E-state index < -0.39 is 0 Å². The van der Waals surface area contributed by atoms with Gasteiger partial charge < -0.3 is 10.6 Å². The third-order valence-electron chi connectivity index (χ3n) is 3.44. The highest BCUT2D eigenvalue weighted by atomic mass is 19.1. The second kappa shape index (κ2) is 3.72. The molecule has 0 bridgehead atoms. The molecule has 3 nitrogen and oxygen atoms in total. The van der Waals surface area contributed by atoms with Gasteiger partial charge in [-0.15, -0.1) is 0 Å². The molecule has 1 fully saturated rings. The molecule has 0 spiro atoms. The maximum Gasteiger partial charge on any atom is 0.223 e. The highest BCUT2D eigenvalue weighted by molar-refractivity contribution is 5.80. The summed E-state index contributed by atoms with van der Waals surface area (Å²) in [5, 5.41) is 0. The quantitative estimate of drug-likeness (QED) is 0.761. The van der Waals surface area contributed by atoms with Crippen molar-refractivity contribution in [2.75, 3.05) is 12.8 Å². The smallest absolute Gasteiger partial charge is 0.223 e. The first-order valence-electron chi connectivity index (χ1n) is 5.63. The van der Waals surface area contributed by atoms with Gasteiger partial charge in [0.15, 0.2) is 0 Å². The van der Waals surface area contributed by atoms with Crippen LogP contribution in [0.15, 0.2) is 18.2 Å². The van der Waals surface area contributed by atoms with E-state index in [9.17, 15) is 9.18 Å². The number of nitrogens with zero attached hydrogens (tertiary/aromatic N) is 1. The molecule has 1 aromatic rings. The number of nitrogens with two attached hydrogens (primary N) is 1. The van der Waals surface area contributed by atoms with Crippen LogP contribution in [-0.2, 0) is 4.79 Å². The van der Waals surface area contributed by atoms with Crippen molar-refractivity contribution in [3.63, 3.8) is 0 Å². The Balaban J connectivity index is 2.52. The number of hydrogen-bond acceptors (Lipinski definition) is 2. The fourth-order valence-electron chi connectivity index (χ4n) is 2.68. The Labute approximate surface area is 100 Å². The predicted molar refractivity (Wildman–Crippen MR) is 64.7 cm³/mol. The van der Waals surface area contributed by atoms with E-state index in [1.54, 1.807) is 18.0 Å². The number of amides is 1. The Kier molecular flexibility index (Phi) is 2.60. The minimum Gasteiger partial charge on any atom is -0.399 e. The molecule has 1 heterocycles. The molecule has 1 saturated heterocycles. The monoisotopic (exact) mass is 236 g/mol. The topological polar surface area (TPSA) is 46.3 Å². The first-order valence-corrected chi connectivity index (χ1v) is 5.63. The summed E-state index contributed by atoms with van der Waals surface area (Å²) in [6.07, 6.45) is 0.433. The normalized spacial score (nSPS) is 23.2. The molecule has 1 aliphatic rings. The van der Waals surface area contributed by atoms with E-state index in [1.807, 2.05) is 13.8 Å². The zero-order valence-corrected chi connectivity index (χ0v) is 10.3. The molecule has 0 radical (unpaired) electrons. The summed E-state index contributed by atoms with van der Waals surface area (Å²) in [5.41, 5.74) is 6.44. The van der Waals surface area contributed by atoms with Gasteiger partial charge in [0, 0.05) is 24.7 Å². The van der Waals surface area contributed by atoms with Crippen LogP contribution in [-0.4, -0.2) is 17.9 Å². The van der Waals surface area contributed by atoms with Crippen molar-refractivity contribution in [3.05, 3.63) is 29.6 Å². The van der Waals surface area contributed by atoms with Crippen molar-refractivity contribution in [2.45, 2.75) is 26.3 Å². The molecule has 4 heteroatoms. The van der Waals surface area contributed by atoms with Gasteiger partial charge in [0.05, 0.1) is 6.04 Å². The van der Waals surface area contributed by atoms with Crippen molar-refractivity contribution in [2.24, 2.45) is 5.41 Å². The molecule has 1 aliphatic heterocycles. The van der Waals surface area contributed by atoms with Crippen molar-refractivity contribution in [1.82, 2.24) is 4.90 Å². The Morgan fingerprint density at radius 1 is 1.47 bits per heavy atom. The molecular weight excluding hydrogens is 219 g/mol. The summed E-state index contributed by atoms with van der Waals surface area (Å²) in [4.78, 5) is 13.4. The van der Waals surface area contributed by atoms with Crippen LogP contribution in [0.25, 0.3) is 0 Å². The Hall–Kier alpha value is -1.58. The lowest BCUT2D eigenvalue weighted by Crippen LogP contribution is -2.28. The molecule has 0 saturated carbocycles. The van der Waals surface area contributed by atoms with Crippen molar-refractivity contribution in [3.8, 4) is 0 Å². The van der Waals surface area contributed by atoms with Gasteiger partial charge in [-0.1, -0.05) is 13.8 Å². The average molecular weight is 236 g/mol. The third-order valence-corrected chi connectivity index (χ3v) is 3.44. The van der Waals surface area contributed by atoms with Crippen LogP contribution in [0.1, 0.15) is 31.9 Å². The number of benzene rings is 1. The summed E-state index contributed by atoms with van der Waals surface area (Å²) < 4.78 is 13.9. The summed E-state index contributed by atoms with van der Waals surface area (Å²) in [6, 6.07) is 4.26. The summed E-state index contributed by atoms with van der Waals surface area (Å²) in [6.45, 7) is 3.95. The minimum atomic E-state index is -0.307. The SMILES string of the molecule is CN1C(=O)CC(C)(C)C1c1cc(N)ccc1F. The Morgan fingerprint density at radius 2 is 2.12 bits per heavy atom. The maximum absolute atomic E-state index is 13.9. The lowest BCUT2D eigenvalue weighted by atomic mass is 9.80. The number of carbonyl (C=O) groups is 1. The number of nitrogen functional groups attached to an aromatic ring is 1. The molecule has 17 heavy (non-hydrogen) atoms. The first-order chi connectivity index (χ1) is 7.83. The van der Waals surface area contributed by atoms with Gasteiger partial charge in [0.1, 0.15) is 5.82 Å². The molecule has 1 aromatic carbocycles. The van der Waals surface area contributed by atoms with Gasteiger partial charge in [-0.2, -0.15) is 0 Å². The Morgan fingerprint density at radius 3 is 2.65 bits per heavy atom. The van der Waals surface area contributed by atoms with Crippen LogP contribution >= 0.6 is 0 Å². The summed E-state index contributed by atoms with van der Waals surface area (Å²) >= 11 is 0. The van der Waals surface area contributed by atoms with Gasteiger partial charge in [0.25, 0.3) is 0 Å². The molecule has 0 aliphatic carbocycles. The van der Waals surface area contributed by atoms with Gasteiger partial charge in [-0.25, -0.2) is 4.39 Å². The summed E-state index contributed by atoms with van der Waals surface area (Å²) in [5.74, 6) is -0.263. The highest BCUT2D eigenvalue weighted by Crippen LogP contribution is 2.47. The first kappa shape index (κ1) is 11.9. The molecule has 1 unspecified atom stereocenters. The fraction of sp³-hybridized carbons (Fsp3) is 0.462. The van der Waals surface area contributed by atoms with Crippen LogP contribution in [0.4, 0.5) is 10.1 Å². The number of hydrogen-bond donors (Lipinski definition) is 1. The second-order valence-corrected chi connectivity index (χ2v) is 5.35. The number of anilines is 1. The third kappa shape index (κ3) is 1.88. The number of likely N-dealkylation sites (tertiary alicyclic amines) is 1. The lowest BCUT2D eigenvalue weighted by Gasteiger charge is -2.31. The molecule has 1 atom stereocenters. The van der Waals surface area contributed by atoms with Crippen LogP contribution in [0.2, 0.25) is 0 Å². The molecular formula is C13H17FN2O. The maximum atomic E-state index is 13.9. The van der Waals surface area contributed by atoms with Gasteiger partial charge in [0.2, 0.25) is 5.91 Å². The Bertz CT molecular complexity index is 470. The van der Waals surface area contributed by atoms with E-state index in [4.69, 9.17) is 5.73 Å². The lowest BCUT2D eigenvalue weighted by molar-refractivity contribution is -0.127.